The molecule has 2 aliphatic rings. The summed E-state index contributed by atoms with van der Waals surface area (Å²) >= 11 is 0. The Labute approximate surface area is 168 Å². The number of benzene rings is 1. The zero-order chi connectivity index (χ0) is 19.9. The lowest BCUT2D eigenvalue weighted by Gasteiger charge is -2.36. The van der Waals surface area contributed by atoms with Gasteiger partial charge in [-0.2, -0.15) is 0 Å². The summed E-state index contributed by atoms with van der Waals surface area (Å²) < 4.78 is 11.4. The first-order valence-corrected chi connectivity index (χ1v) is 10.7. The van der Waals surface area contributed by atoms with E-state index in [9.17, 15) is 9.59 Å². The van der Waals surface area contributed by atoms with Crippen molar-refractivity contribution < 1.29 is 19.1 Å². The van der Waals surface area contributed by atoms with Crippen LogP contribution in [0.5, 0.6) is 0 Å². The third kappa shape index (κ3) is 5.34. The van der Waals surface area contributed by atoms with Crippen molar-refractivity contribution >= 4 is 11.9 Å². The Morgan fingerprint density at radius 3 is 2.43 bits per heavy atom. The fraction of sp³-hybridized carbons (Fsp3) is 0.652. The van der Waals surface area contributed by atoms with E-state index in [1.54, 1.807) is 0 Å². The molecule has 5 nitrogen and oxygen atoms in total. The van der Waals surface area contributed by atoms with E-state index >= 15 is 0 Å². The second-order valence-corrected chi connectivity index (χ2v) is 8.18. The van der Waals surface area contributed by atoms with Crippen LogP contribution in [0.4, 0.5) is 0 Å². The molecule has 28 heavy (non-hydrogen) atoms. The van der Waals surface area contributed by atoms with Gasteiger partial charge in [0.15, 0.2) is 0 Å². The third-order valence-electron chi connectivity index (χ3n) is 6.22. The average molecular weight is 388 g/mol. The molecule has 2 bridgehead atoms. The molecular weight excluding hydrogens is 354 g/mol. The molecule has 2 unspecified atom stereocenters. The van der Waals surface area contributed by atoms with Crippen molar-refractivity contribution in [1.82, 2.24) is 4.90 Å². The molecule has 2 heterocycles. The first kappa shape index (κ1) is 20.8. The Kier molecular flexibility index (Phi) is 7.49. The smallest absolute Gasteiger partial charge is 0.317 e. The van der Waals surface area contributed by atoms with Crippen LogP contribution in [0.15, 0.2) is 30.3 Å². The van der Waals surface area contributed by atoms with Crippen molar-refractivity contribution in [1.29, 1.82) is 0 Å². The predicted molar refractivity (Wildman–Crippen MR) is 108 cm³/mol. The van der Waals surface area contributed by atoms with E-state index in [0.717, 1.165) is 37.7 Å². The van der Waals surface area contributed by atoms with E-state index in [1.807, 2.05) is 30.3 Å². The third-order valence-corrected chi connectivity index (χ3v) is 6.22. The molecule has 0 aliphatic carbocycles. The number of piperidine rings is 1. The van der Waals surface area contributed by atoms with Gasteiger partial charge in [-0.15, -0.1) is 0 Å². The molecule has 0 N–H and O–H groups in total. The summed E-state index contributed by atoms with van der Waals surface area (Å²) in [5, 5.41) is 0. The highest BCUT2D eigenvalue weighted by molar-refractivity contribution is 5.79. The fourth-order valence-corrected chi connectivity index (χ4v) is 4.46. The normalized spacial score (nSPS) is 25.3. The molecule has 2 saturated heterocycles. The van der Waals surface area contributed by atoms with Crippen LogP contribution in [0.1, 0.15) is 69.8 Å². The Morgan fingerprint density at radius 2 is 1.79 bits per heavy atom. The molecule has 0 saturated carbocycles. The Balaban J connectivity index is 1.59. The van der Waals surface area contributed by atoms with Crippen molar-refractivity contribution in [3.63, 3.8) is 0 Å². The van der Waals surface area contributed by atoms with Crippen LogP contribution in [-0.4, -0.2) is 48.7 Å². The van der Waals surface area contributed by atoms with E-state index in [4.69, 9.17) is 9.47 Å². The van der Waals surface area contributed by atoms with Gasteiger partial charge in [0.2, 0.25) is 0 Å². The molecular formula is C23H33NO4. The topological polar surface area (TPSA) is 55.8 Å². The van der Waals surface area contributed by atoms with Crippen LogP contribution >= 0.6 is 0 Å². The predicted octanol–water partition coefficient (Wildman–Crippen LogP) is 4.06. The number of rotatable bonds is 9. The number of fused-ring (bicyclic) bond motifs is 2. The van der Waals surface area contributed by atoms with Crippen molar-refractivity contribution in [2.24, 2.45) is 0 Å². The van der Waals surface area contributed by atoms with Crippen LogP contribution in [0.3, 0.4) is 0 Å². The summed E-state index contributed by atoms with van der Waals surface area (Å²) in [7, 11) is 2.17. The number of ether oxygens (including phenoxy) is 2. The summed E-state index contributed by atoms with van der Waals surface area (Å²) in [6.07, 6.45) is 7.44. The highest BCUT2D eigenvalue weighted by Gasteiger charge is 2.40. The molecule has 4 atom stereocenters. The van der Waals surface area contributed by atoms with Gasteiger partial charge in [-0.1, -0.05) is 50.1 Å². The summed E-state index contributed by atoms with van der Waals surface area (Å²) in [5.41, 5.74) is 0.838. The van der Waals surface area contributed by atoms with Gasteiger partial charge in [0.1, 0.15) is 18.6 Å². The highest BCUT2D eigenvalue weighted by Crippen LogP contribution is 2.36. The number of hydrogen-bond donors (Lipinski definition) is 0. The van der Waals surface area contributed by atoms with E-state index < -0.39 is 5.92 Å². The van der Waals surface area contributed by atoms with E-state index in [2.05, 4.69) is 18.9 Å². The lowest BCUT2D eigenvalue weighted by Crippen LogP contribution is -2.44. The van der Waals surface area contributed by atoms with Crippen molar-refractivity contribution in [3.05, 3.63) is 35.9 Å². The van der Waals surface area contributed by atoms with Crippen molar-refractivity contribution in [2.75, 3.05) is 13.7 Å². The van der Waals surface area contributed by atoms with Gasteiger partial charge < -0.3 is 14.4 Å². The maximum atomic E-state index is 13.0. The minimum absolute atomic E-state index is 0.0346. The minimum Gasteiger partial charge on any atom is -0.464 e. The Morgan fingerprint density at radius 1 is 1.11 bits per heavy atom. The molecule has 0 spiro atoms. The quantitative estimate of drug-likeness (QED) is 0.472. The van der Waals surface area contributed by atoms with Gasteiger partial charge in [-0.25, -0.2) is 0 Å². The molecule has 0 amide bonds. The number of nitrogens with zero attached hydrogens (tertiary/aromatic N) is 1. The first-order valence-electron chi connectivity index (χ1n) is 10.7. The van der Waals surface area contributed by atoms with Crippen LogP contribution in [0, 0.1) is 0 Å². The fourth-order valence-electron chi connectivity index (χ4n) is 4.46. The molecule has 2 aliphatic heterocycles. The van der Waals surface area contributed by atoms with E-state index in [-0.39, 0.29) is 24.6 Å². The largest absolute Gasteiger partial charge is 0.464 e. The SMILES string of the molecule is CCCCCC(=O)OCC(C(=O)OC1C[C@H]2CC[C@@H](C1)N2C)c1ccccc1. The zero-order valence-electron chi connectivity index (χ0n) is 17.1. The number of unbranched alkanes of at least 4 members (excludes halogenated alkanes) is 2. The van der Waals surface area contributed by atoms with E-state index in [1.165, 1.54) is 12.8 Å². The van der Waals surface area contributed by atoms with Crippen LogP contribution in [-0.2, 0) is 19.1 Å². The Bertz CT molecular complexity index is 633. The number of carbonyl (C=O) groups excluding carboxylic acids is 2. The standard InChI is InChI=1S/C23H33NO4/c1-3-4-6-11-22(25)27-16-21(17-9-7-5-8-10-17)23(26)28-20-14-18-12-13-19(15-20)24(18)2/h5,7-10,18-21H,3-4,6,11-16H2,1-2H3/t18-,19+,20?,21?. The van der Waals surface area contributed by atoms with E-state index in [0.29, 0.717) is 18.5 Å². The lowest BCUT2D eigenvalue weighted by atomic mass is 9.98. The van der Waals surface area contributed by atoms with Gasteiger partial charge in [-0.3, -0.25) is 9.59 Å². The van der Waals surface area contributed by atoms with Gasteiger partial charge in [0.05, 0.1) is 0 Å². The summed E-state index contributed by atoms with van der Waals surface area (Å²) in [4.78, 5) is 27.4. The summed E-state index contributed by atoms with van der Waals surface area (Å²) in [6.45, 7) is 2.15. The second-order valence-electron chi connectivity index (χ2n) is 8.18. The molecule has 5 heteroatoms. The molecule has 0 radical (unpaired) electrons. The van der Waals surface area contributed by atoms with Gasteiger partial charge in [0, 0.05) is 18.5 Å². The van der Waals surface area contributed by atoms with Gasteiger partial charge >= 0.3 is 11.9 Å². The molecule has 1 aromatic rings. The van der Waals surface area contributed by atoms with Crippen LogP contribution < -0.4 is 0 Å². The lowest BCUT2D eigenvalue weighted by molar-refractivity contribution is -0.158. The second kappa shape index (κ2) is 10.1. The first-order chi connectivity index (χ1) is 13.6. The van der Waals surface area contributed by atoms with Crippen molar-refractivity contribution in [2.45, 2.75) is 82.4 Å². The molecule has 0 aromatic heterocycles. The Hall–Kier alpha value is -1.88. The highest BCUT2D eigenvalue weighted by atomic mass is 16.6. The van der Waals surface area contributed by atoms with Crippen LogP contribution in [0.25, 0.3) is 0 Å². The average Bonchev–Trinajstić information content (AvgIpc) is 2.90. The van der Waals surface area contributed by atoms with Crippen LogP contribution in [0.2, 0.25) is 0 Å². The molecule has 2 fully saturated rings. The maximum Gasteiger partial charge on any atom is 0.317 e. The molecule has 1 aromatic carbocycles. The molecule has 154 valence electrons. The number of carbonyl (C=O) groups is 2. The van der Waals surface area contributed by atoms with Gasteiger partial charge in [-0.05, 0) is 44.7 Å². The zero-order valence-corrected chi connectivity index (χ0v) is 17.1. The summed E-state index contributed by atoms with van der Waals surface area (Å²) in [5.74, 6) is -1.07. The summed E-state index contributed by atoms with van der Waals surface area (Å²) in [6, 6.07) is 10.5. The number of hydrogen-bond acceptors (Lipinski definition) is 5. The van der Waals surface area contributed by atoms with Crippen molar-refractivity contribution in [3.8, 4) is 0 Å². The maximum absolute atomic E-state index is 13.0. The monoisotopic (exact) mass is 387 g/mol. The van der Waals surface area contributed by atoms with Gasteiger partial charge in [0.25, 0.3) is 0 Å². The minimum atomic E-state index is -0.561. The number of esters is 2. The molecule has 3 rings (SSSR count).